The van der Waals surface area contributed by atoms with Crippen molar-refractivity contribution >= 4 is 6.09 Å². The third-order valence-corrected chi connectivity index (χ3v) is 3.93. The highest BCUT2D eigenvalue weighted by Gasteiger charge is 2.23. The quantitative estimate of drug-likeness (QED) is 0.912. The summed E-state index contributed by atoms with van der Waals surface area (Å²) in [6, 6.07) is 15.3. The third kappa shape index (κ3) is 4.38. The molecule has 0 aliphatic carbocycles. The van der Waals surface area contributed by atoms with Crippen molar-refractivity contribution in [1.29, 1.82) is 0 Å². The number of hydrogen-bond donors (Lipinski definition) is 1. The second-order valence-electron chi connectivity index (χ2n) is 5.68. The molecule has 0 atom stereocenters. The van der Waals surface area contributed by atoms with Crippen LogP contribution in [0.2, 0.25) is 0 Å². The SMILES string of the molecule is O=C(O)N1CCC(Oc2cccc(OCc3ccccc3)n2)CC1. The van der Waals surface area contributed by atoms with Crippen LogP contribution in [0.5, 0.6) is 11.8 Å². The van der Waals surface area contributed by atoms with Gasteiger partial charge >= 0.3 is 6.09 Å². The predicted octanol–water partition coefficient (Wildman–Crippen LogP) is 3.18. The fourth-order valence-corrected chi connectivity index (χ4v) is 2.61. The number of aromatic nitrogens is 1. The molecule has 1 aromatic heterocycles. The van der Waals surface area contributed by atoms with Gasteiger partial charge in [-0.1, -0.05) is 36.4 Å². The van der Waals surface area contributed by atoms with Gasteiger partial charge in [0.25, 0.3) is 0 Å². The first-order valence-electron chi connectivity index (χ1n) is 7.99. The fourth-order valence-electron chi connectivity index (χ4n) is 2.61. The maximum Gasteiger partial charge on any atom is 0.407 e. The standard InChI is InChI=1S/C18H20N2O4/c21-18(22)20-11-9-15(10-12-20)24-17-8-4-7-16(19-17)23-13-14-5-2-1-3-6-14/h1-8,15H,9-13H2,(H,21,22). The van der Waals surface area contributed by atoms with E-state index in [0.29, 0.717) is 44.3 Å². The van der Waals surface area contributed by atoms with Crippen LogP contribution in [-0.4, -0.2) is 40.3 Å². The van der Waals surface area contributed by atoms with Gasteiger partial charge < -0.3 is 19.5 Å². The van der Waals surface area contributed by atoms with Crippen LogP contribution in [0, 0.1) is 0 Å². The van der Waals surface area contributed by atoms with Crippen LogP contribution in [0.3, 0.4) is 0 Å². The number of nitrogens with zero attached hydrogens (tertiary/aromatic N) is 2. The van der Waals surface area contributed by atoms with Crippen molar-refractivity contribution in [3.05, 3.63) is 54.1 Å². The van der Waals surface area contributed by atoms with E-state index in [0.717, 1.165) is 5.56 Å². The molecule has 3 rings (SSSR count). The van der Waals surface area contributed by atoms with Crippen LogP contribution in [0.1, 0.15) is 18.4 Å². The molecule has 126 valence electrons. The molecule has 1 saturated heterocycles. The zero-order valence-corrected chi connectivity index (χ0v) is 13.3. The molecule has 2 heterocycles. The van der Waals surface area contributed by atoms with Gasteiger partial charge in [-0.2, -0.15) is 4.98 Å². The summed E-state index contributed by atoms with van der Waals surface area (Å²) in [5.41, 5.74) is 1.08. The minimum Gasteiger partial charge on any atom is -0.474 e. The number of benzene rings is 1. The summed E-state index contributed by atoms with van der Waals surface area (Å²) in [6.07, 6.45) is 0.451. The maximum absolute atomic E-state index is 10.9. The average Bonchev–Trinajstić information content (AvgIpc) is 2.62. The Kier molecular flexibility index (Phi) is 5.15. The Morgan fingerprint density at radius 2 is 1.79 bits per heavy atom. The maximum atomic E-state index is 10.9. The minimum atomic E-state index is -0.872. The Morgan fingerprint density at radius 1 is 1.08 bits per heavy atom. The van der Waals surface area contributed by atoms with Crippen LogP contribution in [0.15, 0.2) is 48.5 Å². The number of likely N-dealkylation sites (tertiary alicyclic amines) is 1. The van der Waals surface area contributed by atoms with Crippen LogP contribution in [0.25, 0.3) is 0 Å². The third-order valence-electron chi connectivity index (χ3n) is 3.93. The molecule has 1 amide bonds. The lowest BCUT2D eigenvalue weighted by Crippen LogP contribution is -2.41. The highest BCUT2D eigenvalue weighted by atomic mass is 16.5. The van der Waals surface area contributed by atoms with Crippen molar-refractivity contribution < 1.29 is 19.4 Å². The van der Waals surface area contributed by atoms with Crippen molar-refractivity contribution in [2.45, 2.75) is 25.6 Å². The van der Waals surface area contributed by atoms with Crippen molar-refractivity contribution in [1.82, 2.24) is 9.88 Å². The number of amides is 1. The summed E-state index contributed by atoms with van der Waals surface area (Å²) < 4.78 is 11.6. The van der Waals surface area contributed by atoms with Crippen molar-refractivity contribution in [3.63, 3.8) is 0 Å². The van der Waals surface area contributed by atoms with E-state index >= 15 is 0 Å². The van der Waals surface area contributed by atoms with Gasteiger partial charge in [-0.3, -0.25) is 0 Å². The van der Waals surface area contributed by atoms with Gasteiger partial charge in [0, 0.05) is 38.1 Å². The molecule has 2 aromatic rings. The predicted molar refractivity (Wildman–Crippen MR) is 88.3 cm³/mol. The molecular weight excluding hydrogens is 308 g/mol. The summed E-state index contributed by atoms with van der Waals surface area (Å²) >= 11 is 0. The molecule has 0 saturated carbocycles. The molecule has 0 bridgehead atoms. The molecule has 6 nitrogen and oxygen atoms in total. The van der Waals surface area contributed by atoms with Crippen LogP contribution in [-0.2, 0) is 6.61 Å². The van der Waals surface area contributed by atoms with Gasteiger partial charge in [0.15, 0.2) is 0 Å². The lowest BCUT2D eigenvalue weighted by Gasteiger charge is -2.29. The number of carboxylic acid groups (broad SMARTS) is 1. The molecule has 1 N–H and O–H groups in total. The van der Waals surface area contributed by atoms with E-state index in [4.69, 9.17) is 14.6 Å². The van der Waals surface area contributed by atoms with E-state index in [9.17, 15) is 4.79 Å². The lowest BCUT2D eigenvalue weighted by atomic mass is 10.1. The van der Waals surface area contributed by atoms with Gasteiger partial charge in [0.2, 0.25) is 11.8 Å². The highest BCUT2D eigenvalue weighted by molar-refractivity contribution is 5.65. The zero-order valence-electron chi connectivity index (χ0n) is 13.3. The van der Waals surface area contributed by atoms with E-state index in [1.54, 1.807) is 12.1 Å². The minimum absolute atomic E-state index is 0.0162. The molecule has 1 fully saturated rings. The largest absolute Gasteiger partial charge is 0.474 e. The number of carbonyl (C=O) groups is 1. The highest BCUT2D eigenvalue weighted by Crippen LogP contribution is 2.20. The Balaban J connectivity index is 1.53. The topological polar surface area (TPSA) is 71.9 Å². The first-order chi connectivity index (χ1) is 11.7. The Bertz CT molecular complexity index is 670. The zero-order chi connectivity index (χ0) is 16.8. The lowest BCUT2D eigenvalue weighted by molar-refractivity contribution is 0.0866. The van der Waals surface area contributed by atoms with E-state index in [-0.39, 0.29) is 6.10 Å². The van der Waals surface area contributed by atoms with E-state index in [2.05, 4.69) is 4.98 Å². The fraction of sp³-hybridized carbons (Fsp3) is 0.333. The molecule has 24 heavy (non-hydrogen) atoms. The van der Waals surface area contributed by atoms with Crippen LogP contribution < -0.4 is 9.47 Å². The molecular formula is C18H20N2O4. The van der Waals surface area contributed by atoms with E-state index < -0.39 is 6.09 Å². The summed E-state index contributed by atoms with van der Waals surface area (Å²) in [6.45, 7) is 1.43. The van der Waals surface area contributed by atoms with Gasteiger partial charge in [-0.05, 0) is 5.56 Å². The summed E-state index contributed by atoms with van der Waals surface area (Å²) in [4.78, 5) is 16.7. The number of pyridine rings is 1. The number of rotatable bonds is 5. The van der Waals surface area contributed by atoms with Gasteiger partial charge in [-0.25, -0.2) is 4.79 Å². The van der Waals surface area contributed by atoms with Crippen molar-refractivity contribution in [2.24, 2.45) is 0 Å². The molecule has 6 heteroatoms. The number of piperidine rings is 1. The molecule has 0 spiro atoms. The summed E-state index contributed by atoms with van der Waals surface area (Å²) in [5.74, 6) is 1.02. The van der Waals surface area contributed by atoms with Gasteiger partial charge in [-0.15, -0.1) is 0 Å². The Labute approximate surface area is 140 Å². The Morgan fingerprint density at radius 3 is 2.50 bits per heavy atom. The summed E-state index contributed by atoms with van der Waals surface area (Å²) in [7, 11) is 0. The molecule has 1 aliphatic rings. The van der Waals surface area contributed by atoms with Gasteiger partial charge in [0.1, 0.15) is 12.7 Å². The van der Waals surface area contributed by atoms with E-state index in [1.807, 2.05) is 36.4 Å². The molecule has 0 unspecified atom stereocenters. The first-order valence-corrected chi connectivity index (χ1v) is 7.99. The van der Waals surface area contributed by atoms with E-state index in [1.165, 1.54) is 4.90 Å². The van der Waals surface area contributed by atoms with Crippen LogP contribution >= 0.6 is 0 Å². The molecule has 0 radical (unpaired) electrons. The molecule has 1 aliphatic heterocycles. The van der Waals surface area contributed by atoms with Gasteiger partial charge in [0.05, 0.1) is 0 Å². The Hall–Kier alpha value is -2.76. The first kappa shape index (κ1) is 16.1. The average molecular weight is 328 g/mol. The van der Waals surface area contributed by atoms with Crippen molar-refractivity contribution in [3.8, 4) is 11.8 Å². The number of hydrogen-bond acceptors (Lipinski definition) is 4. The number of ether oxygens (including phenoxy) is 2. The summed E-state index contributed by atoms with van der Waals surface area (Å²) in [5, 5.41) is 8.96. The normalized spacial score (nSPS) is 15.1. The second-order valence-corrected chi connectivity index (χ2v) is 5.68. The monoisotopic (exact) mass is 328 g/mol. The van der Waals surface area contributed by atoms with Crippen LogP contribution in [0.4, 0.5) is 4.79 Å². The van der Waals surface area contributed by atoms with Crippen molar-refractivity contribution in [2.75, 3.05) is 13.1 Å². The molecule has 1 aromatic carbocycles. The second kappa shape index (κ2) is 7.68. The smallest absolute Gasteiger partial charge is 0.407 e.